The second-order valence-electron chi connectivity index (χ2n) is 6.66. The molecule has 0 aromatic carbocycles. The molecule has 0 radical (unpaired) electrons. The van der Waals surface area contributed by atoms with Gasteiger partial charge in [-0.1, -0.05) is 90.4 Å². The average molecular weight is 328 g/mol. The fraction of sp³-hybridized carbons (Fsp3) is 0.947. The summed E-state index contributed by atoms with van der Waals surface area (Å²) in [5.74, 6) is 4.92. The molecule has 0 rings (SSSR count). The van der Waals surface area contributed by atoms with Crippen LogP contribution in [-0.2, 0) is 4.79 Å². The molecule has 4 N–H and O–H groups in total. The van der Waals surface area contributed by atoms with Crippen molar-refractivity contribution in [3.63, 3.8) is 0 Å². The van der Waals surface area contributed by atoms with E-state index in [-0.39, 0.29) is 5.91 Å². The van der Waals surface area contributed by atoms with Crippen LogP contribution in [0.2, 0.25) is 0 Å². The van der Waals surface area contributed by atoms with Crippen LogP contribution in [-0.4, -0.2) is 19.0 Å². The number of carbonyl (C=O) groups is 1. The Balaban J connectivity index is 2.99. The summed E-state index contributed by atoms with van der Waals surface area (Å²) in [5.41, 5.74) is 2.14. The molecule has 0 bridgehead atoms. The monoisotopic (exact) mass is 327 g/mol. The van der Waals surface area contributed by atoms with Crippen LogP contribution < -0.4 is 16.6 Å². The number of unbranched alkanes of at least 4 members (excludes halogenated alkanes) is 13. The summed E-state index contributed by atoms with van der Waals surface area (Å²) in [5, 5.41) is 3.28. The molecule has 0 atom stereocenters. The molecule has 0 unspecified atom stereocenters. The number of amides is 1. The van der Waals surface area contributed by atoms with E-state index in [0.717, 1.165) is 13.1 Å². The Kier molecular flexibility index (Phi) is 18.9. The van der Waals surface area contributed by atoms with Gasteiger partial charge in [0.05, 0.1) is 0 Å². The van der Waals surface area contributed by atoms with Gasteiger partial charge in [0.2, 0.25) is 5.91 Å². The lowest BCUT2D eigenvalue weighted by molar-refractivity contribution is -0.121. The maximum absolute atomic E-state index is 10.9. The van der Waals surface area contributed by atoms with E-state index >= 15 is 0 Å². The van der Waals surface area contributed by atoms with Gasteiger partial charge in [0.25, 0.3) is 0 Å². The molecular formula is C19H41N3O. The Bertz CT molecular complexity index is 247. The van der Waals surface area contributed by atoms with E-state index in [4.69, 9.17) is 5.84 Å². The fourth-order valence-corrected chi connectivity index (χ4v) is 2.84. The molecule has 0 aliphatic rings. The van der Waals surface area contributed by atoms with E-state index in [0.29, 0.717) is 6.42 Å². The van der Waals surface area contributed by atoms with Crippen LogP contribution in [0.3, 0.4) is 0 Å². The average Bonchev–Trinajstić information content (AvgIpc) is 2.57. The van der Waals surface area contributed by atoms with Crippen molar-refractivity contribution in [1.82, 2.24) is 10.7 Å². The van der Waals surface area contributed by atoms with E-state index in [2.05, 4.69) is 17.7 Å². The van der Waals surface area contributed by atoms with Gasteiger partial charge in [-0.25, -0.2) is 5.84 Å². The lowest BCUT2D eigenvalue weighted by Gasteiger charge is -2.05. The highest BCUT2D eigenvalue weighted by atomic mass is 16.2. The zero-order valence-corrected chi connectivity index (χ0v) is 15.5. The number of hydrogen-bond donors (Lipinski definition) is 3. The minimum Gasteiger partial charge on any atom is -0.316 e. The van der Waals surface area contributed by atoms with E-state index in [1.807, 2.05) is 0 Å². The number of rotatable bonds is 18. The number of nitrogens with one attached hydrogen (secondary N) is 2. The van der Waals surface area contributed by atoms with Crippen molar-refractivity contribution in [3.8, 4) is 0 Å². The van der Waals surface area contributed by atoms with Crippen LogP contribution in [0.5, 0.6) is 0 Å². The Hall–Kier alpha value is -0.610. The molecule has 0 aromatic heterocycles. The molecule has 138 valence electrons. The molecule has 0 saturated carbocycles. The Morgan fingerprint density at radius 3 is 1.57 bits per heavy atom. The van der Waals surface area contributed by atoms with E-state index in [9.17, 15) is 4.79 Å². The van der Waals surface area contributed by atoms with Crippen molar-refractivity contribution in [3.05, 3.63) is 0 Å². The Morgan fingerprint density at radius 2 is 1.13 bits per heavy atom. The zero-order chi connectivity index (χ0) is 17.0. The standard InChI is InChI=1S/C19H41N3O/c1-2-3-4-5-6-7-8-9-10-11-12-13-14-15-17-21-18-16-19(23)22-20/h21H,2-18,20H2,1H3,(H,22,23). The SMILES string of the molecule is CCCCCCCCCCCCCCCCNCCC(=O)NN. The molecule has 0 heterocycles. The van der Waals surface area contributed by atoms with Gasteiger partial charge >= 0.3 is 0 Å². The highest BCUT2D eigenvalue weighted by Crippen LogP contribution is 2.12. The number of hydrazine groups is 1. The second-order valence-corrected chi connectivity index (χ2v) is 6.66. The first kappa shape index (κ1) is 22.4. The molecule has 0 fully saturated rings. The predicted octanol–water partition coefficient (Wildman–Crippen LogP) is 4.44. The molecule has 0 aliphatic carbocycles. The Morgan fingerprint density at radius 1 is 0.696 bits per heavy atom. The predicted molar refractivity (Wildman–Crippen MR) is 100 cm³/mol. The molecule has 0 aliphatic heterocycles. The first-order valence-electron chi connectivity index (χ1n) is 10.0. The van der Waals surface area contributed by atoms with Crippen molar-refractivity contribution in [2.75, 3.05) is 13.1 Å². The molecule has 4 heteroatoms. The quantitative estimate of drug-likeness (QED) is 0.151. The maximum atomic E-state index is 10.9. The van der Waals surface area contributed by atoms with Crippen LogP contribution in [0.25, 0.3) is 0 Å². The summed E-state index contributed by atoms with van der Waals surface area (Å²) in [6.07, 6.45) is 19.9. The van der Waals surface area contributed by atoms with Gasteiger partial charge in [-0.05, 0) is 13.0 Å². The van der Waals surface area contributed by atoms with Gasteiger partial charge < -0.3 is 5.32 Å². The molecular weight excluding hydrogens is 286 g/mol. The van der Waals surface area contributed by atoms with Gasteiger partial charge in [-0.3, -0.25) is 10.2 Å². The lowest BCUT2D eigenvalue weighted by atomic mass is 10.0. The minimum absolute atomic E-state index is 0.0986. The van der Waals surface area contributed by atoms with Crippen LogP contribution in [0.15, 0.2) is 0 Å². The third kappa shape index (κ3) is 19.3. The molecule has 1 amide bonds. The number of hydrogen-bond acceptors (Lipinski definition) is 3. The van der Waals surface area contributed by atoms with E-state index < -0.39 is 0 Å². The molecule has 4 nitrogen and oxygen atoms in total. The third-order valence-electron chi connectivity index (χ3n) is 4.40. The van der Waals surface area contributed by atoms with E-state index in [1.54, 1.807) is 0 Å². The summed E-state index contributed by atoms with van der Waals surface area (Å²) in [6, 6.07) is 0. The number of carbonyl (C=O) groups excluding carboxylic acids is 1. The number of nitrogens with two attached hydrogens (primary N) is 1. The molecule has 0 aromatic rings. The summed E-state index contributed by atoms with van der Waals surface area (Å²) in [4.78, 5) is 10.9. The highest BCUT2D eigenvalue weighted by molar-refractivity contribution is 5.75. The summed E-state index contributed by atoms with van der Waals surface area (Å²) >= 11 is 0. The third-order valence-corrected chi connectivity index (χ3v) is 4.40. The van der Waals surface area contributed by atoms with Crippen molar-refractivity contribution in [2.24, 2.45) is 5.84 Å². The van der Waals surface area contributed by atoms with Crippen molar-refractivity contribution in [2.45, 2.75) is 103 Å². The van der Waals surface area contributed by atoms with Crippen LogP contribution in [0.4, 0.5) is 0 Å². The molecule has 23 heavy (non-hydrogen) atoms. The molecule has 0 saturated heterocycles. The first-order valence-corrected chi connectivity index (χ1v) is 10.0. The largest absolute Gasteiger partial charge is 0.316 e. The lowest BCUT2D eigenvalue weighted by Crippen LogP contribution is -2.32. The molecule has 0 spiro atoms. The second kappa shape index (κ2) is 19.4. The highest BCUT2D eigenvalue weighted by Gasteiger charge is 1.97. The maximum Gasteiger partial charge on any atom is 0.235 e. The van der Waals surface area contributed by atoms with Gasteiger partial charge in [-0.2, -0.15) is 0 Å². The van der Waals surface area contributed by atoms with Crippen molar-refractivity contribution >= 4 is 5.91 Å². The van der Waals surface area contributed by atoms with Crippen LogP contribution in [0.1, 0.15) is 103 Å². The first-order chi connectivity index (χ1) is 11.3. The minimum atomic E-state index is -0.0986. The fourth-order valence-electron chi connectivity index (χ4n) is 2.84. The van der Waals surface area contributed by atoms with Crippen LogP contribution in [0, 0.1) is 0 Å². The van der Waals surface area contributed by atoms with Crippen LogP contribution >= 0.6 is 0 Å². The summed E-state index contributed by atoms with van der Waals surface area (Å²) in [6.45, 7) is 4.01. The van der Waals surface area contributed by atoms with Gasteiger partial charge in [-0.15, -0.1) is 0 Å². The summed E-state index contributed by atoms with van der Waals surface area (Å²) in [7, 11) is 0. The topological polar surface area (TPSA) is 67.2 Å². The Labute approximate surface area is 144 Å². The van der Waals surface area contributed by atoms with Gasteiger partial charge in [0, 0.05) is 13.0 Å². The van der Waals surface area contributed by atoms with Gasteiger partial charge in [0.15, 0.2) is 0 Å². The summed E-state index contributed by atoms with van der Waals surface area (Å²) < 4.78 is 0. The van der Waals surface area contributed by atoms with Gasteiger partial charge in [0.1, 0.15) is 0 Å². The normalized spacial score (nSPS) is 10.9. The zero-order valence-electron chi connectivity index (χ0n) is 15.5. The van der Waals surface area contributed by atoms with Crippen molar-refractivity contribution in [1.29, 1.82) is 0 Å². The smallest absolute Gasteiger partial charge is 0.235 e. The van der Waals surface area contributed by atoms with E-state index in [1.165, 1.54) is 89.9 Å². The van der Waals surface area contributed by atoms with Crippen molar-refractivity contribution < 1.29 is 4.79 Å².